The number of hydrogen-bond donors (Lipinski definition) is 1. The molecule has 3 saturated heterocycles. The van der Waals surface area contributed by atoms with Crippen LogP contribution < -0.4 is 5.32 Å². The van der Waals surface area contributed by atoms with Crippen LogP contribution in [-0.2, 0) is 9.53 Å². The number of nitrogens with one attached hydrogen (secondary N) is 1. The van der Waals surface area contributed by atoms with Crippen LogP contribution in [0.2, 0.25) is 0 Å². The van der Waals surface area contributed by atoms with Gasteiger partial charge >= 0.3 is 0 Å². The lowest BCUT2D eigenvalue weighted by Gasteiger charge is -2.41. The third kappa shape index (κ3) is 3.25. The SMILES string of the molecule is CCC1COCCN1C(=O)C1CCCN1C1CCNCC1. The molecule has 5 nitrogen and oxygen atoms in total. The first-order chi connectivity index (χ1) is 10.3. The zero-order chi connectivity index (χ0) is 14.7. The van der Waals surface area contributed by atoms with Crippen molar-refractivity contribution in [1.29, 1.82) is 0 Å². The van der Waals surface area contributed by atoms with Crippen LogP contribution >= 0.6 is 0 Å². The van der Waals surface area contributed by atoms with Crippen molar-refractivity contribution in [2.75, 3.05) is 39.4 Å². The summed E-state index contributed by atoms with van der Waals surface area (Å²) in [7, 11) is 0. The summed E-state index contributed by atoms with van der Waals surface area (Å²) in [6.07, 6.45) is 5.57. The molecule has 3 fully saturated rings. The van der Waals surface area contributed by atoms with Gasteiger partial charge in [-0.1, -0.05) is 6.92 Å². The lowest BCUT2D eigenvalue weighted by Crippen LogP contribution is -2.56. The fourth-order valence-corrected chi connectivity index (χ4v) is 4.10. The minimum absolute atomic E-state index is 0.125. The fourth-order valence-electron chi connectivity index (χ4n) is 4.10. The lowest BCUT2D eigenvalue weighted by atomic mass is 10.0. The van der Waals surface area contributed by atoms with Gasteiger partial charge in [-0.05, 0) is 51.7 Å². The lowest BCUT2D eigenvalue weighted by molar-refractivity contribution is -0.145. The van der Waals surface area contributed by atoms with Gasteiger partial charge in [-0.2, -0.15) is 0 Å². The number of carbonyl (C=O) groups is 1. The minimum atomic E-state index is 0.125. The van der Waals surface area contributed by atoms with E-state index in [0.717, 1.165) is 39.0 Å². The van der Waals surface area contributed by atoms with Gasteiger partial charge in [0.25, 0.3) is 0 Å². The van der Waals surface area contributed by atoms with Crippen molar-refractivity contribution in [2.45, 2.75) is 57.2 Å². The molecule has 0 aromatic rings. The number of piperidine rings is 1. The average molecular weight is 295 g/mol. The Morgan fingerprint density at radius 1 is 1.24 bits per heavy atom. The van der Waals surface area contributed by atoms with Crippen LogP contribution in [-0.4, -0.2) is 73.2 Å². The summed E-state index contributed by atoms with van der Waals surface area (Å²) in [5.41, 5.74) is 0. The summed E-state index contributed by atoms with van der Waals surface area (Å²) in [6.45, 7) is 7.62. The van der Waals surface area contributed by atoms with Gasteiger partial charge in [-0.3, -0.25) is 9.69 Å². The van der Waals surface area contributed by atoms with E-state index in [2.05, 4.69) is 22.0 Å². The van der Waals surface area contributed by atoms with Crippen molar-refractivity contribution >= 4 is 5.91 Å². The van der Waals surface area contributed by atoms with E-state index in [1.807, 2.05) is 0 Å². The second-order valence-corrected chi connectivity index (χ2v) is 6.55. The molecule has 0 aromatic carbocycles. The Kier molecular flexibility index (Phi) is 5.14. The third-order valence-electron chi connectivity index (χ3n) is 5.34. The molecule has 120 valence electrons. The first-order valence-corrected chi connectivity index (χ1v) is 8.66. The van der Waals surface area contributed by atoms with Gasteiger partial charge in [0.2, 0.25) is 5.91 Å². The van der Waals surface area contributed by atoms with E-state index in [1.165, 1.54) is 19.3 Å². The van der Waals surface area contributed by atoms with Crippen LogP contribution in [0.15, 0.2) is 0 Å². The summed E-state index contributed by atoms with van der Waals surface area (Å²) in [5, 5.41) is 3.42. The summed E-state index contributed by atoms with van der Waals surface area (Å²) in [4.78, 5) is 17.6. The summed E-state index contributed by atoms with van der Waals surface area (Å²) >= 11 is 0. The van der Waals surface area contributed by atoms with Gasteiger partial charge in [-0.15, -0.1) is 0 Å². The van der Waals surface area contributed by atoms with Crippen LogP contribution in [0.4, 0.5) is 0 Å². The molecule has 2 atom stereocenters. The predicted molar refractivity (Wildman–Crippen MR) is 82.2 cm³/mol. The van der Waals surface area contributed by atoms with E-state index >= 15 is 0 Å². The maximum absolute atomic E-state index is 13.0. The predicted octanol–water partition coefficient (Wildman–Crippen LogP) is 0.840. The van der Waals surface area contributed by atoms with E-state index in [4.69, 9.17) is 4.74 Å². The molecule has 21 heavy (non-hydrogen) atoms. The molecule has 3 aliphatic rings. The van der Waals surface area contributed by atoms with E-state index in [0.29, 0.717) is 25.2 Å². The number of nitrogens with zero attached hydrogens (tertiary/aromatic N) is 2. The Hall–Kier alpha value is -0.650. The van der Waals surface area contributed by atoms with E-state index in [9.17, 15) is 4.79 Å². The Bertz CT molecular complexity index is 357. The van der Waals surface area contributed by atoms with Crippen LogP contribution in [0.5, 0.6) is 0 Å². The largest absolute Gasteiger partial charge is 0.377 e. The highest BCUT2D eigenvalue weighted by Crippen LogP contribution is 2.27. The molecule has 0 aromatic heterocycles. The van der Waals surface area contributed by atoms with Gasteiger partial charge in [0.05, 0.1) is 25.3 Å². The number of rotatable bonds is 3. The second-order valence-electron chi connectivity index (χ2n) is 6.55. The van der Waals surface area contributed by atoms with Crippen LogP contribution in [0.25, 0.3) is 0 Å². The summed E-state index contributed by atoms with van der Waals surface area (Å²) < 4.78 is 5.54. The van der Waals surface area contributed by atoms with E-state index in [1.54, 1.807) is 0 Å². The maximum Gasteiger partial charge on any atom is 0.240 e. The first-order valence-electron chi connectivity index (χ1n) is 8.66. The topological polar surface area (TPSA) is 44.8 Å². The summed E-state index contributed by atoms with van der Waals surface area (Å²) in [5.74, 6) is 0.362. The highest BCUT2D eigenvalue weighted by Gasteiger charge is 2.39. The molecule has 1 amide bonds. The quantitative estimate of drug-likeness (QED) is 0.838. The minimum Gasteiger partial charge on any atom is -0.377 e. The fraction of sp³-hybridized carbons (Fsp3) is 0.938. The van der Waals surface area contributed by atoms with Crippen molar-refractivity contribution in [2.24, 2.45) is 0 Å². The monoisotopic (exact) mass is 295 g/mol. The Labute approximate surface area is 128 Å². The Morgan fingerprint density at radius 2 is 2.05 bits per heavy atom. The van der Waals surface area contributed by atoms with Crippen LogP contribution in [0, 0.1) is 0 Å². The number of likely N-dealkylation sites (tertiary alicyclic amines) is 1. The standard InChI is InChI=1S/C16H29N3O2/c1-2-13-12-21-11-10-19(13)16(20)15-4-3-9-18(15)14-5-7-17-8-6-14/h13-15,17H,2-12H2,1H3. The Balaban J connectivity index is 1.67. The van der Waals surface area contributed by atoms with Gasteiger partial charge in [-0.25, -0.2) is 0 Å². The number of carbonyl (C=O) groups excluding carboxylic acids is 1. The van der Waals surface area contributed by atoms with Gasteiger partial charge < -0.3 is 15.0 Å². The molecular formula is C16H29N3O2. The number of amides is 1. The molecule has 0 spiro atoms. The van der Waals surface area contributed by atoms with E-state index in [-0.39, 0.29) is 12.1 Å². The van der Waals surface area contributed by atoms with Crippen molar-refractivity contribution < 1.29 is 9.53 Å². The average Bonchev–Trinajstić information content (AvgIpc) is 3.04. The smallest absolute Gasteiger partial charge is 0.240 e. The van der Waals surface area contributed by atoms with Gasteiger partial charge in [0.1, 0.15) is 0 Å². The van der Waals surface area contributed by atoms with Crippen molar-refractivity contribution in [3.63, 3.8) is 0 Å². The molecule has 0 bridgehead atoms. The molecule has 1 N–H and O–H groups in total. The molecule has 0 aliphatic carbocycles. The number of morpholine rings is 1. The number of hydrogen-bond acceptors (Lipinski definition) is 4. The first kappa shape index (κ1) is 15.3. The molecule has 3 heterocycles. The van der Waals surface area contributed by atoms with Gasteiger partial charge in [0, 0.05) is 12.6 Å². The number of ether oxygens (including phenoxy) is 1. The zero-order valence-corrected chi connectivity index (χ0v) is 13.2. The summed E-state index contributed by atoms with van der Waals surface area (Å²) in [6, 6.07) is 1.01. The zero-order valence-electron chi connectivity index (χ0n) is 13.2. The van der Waals surface area contributed by atoms with Crippen molar-refractivity contribution in [3.8, 4) is 0 Å². The van der Waals surface area contributed by atoms with Crippen molar-refractivity contribution in [3.05, 3.63) is 0 Å². The second kappa shape index (κ2) is 7.07. The highest BCUT2D eigenvalue weighted by atomic mass is 16.5. The molecule has 0 saturated carbocycles. The molecule has 3 aliphatic heterocycles. The highest BCUT2D eigenvalue weighted by molar-refractivity contribution is 5.82. The maximum atomic E-state index is 13.0. The van der Waals surface area contributed by atoms with Crippen LogP contribution in [0.3, 0.4) is 0 Å². The molecule has 2 unspecified atom stereocenters. The normalized spacial score (nSPS) is 32.5. The van der Waals surface area contributed by atoms with Crippen LogP contribution in [0.1, 0.15) is 39.0 Å². The van der Waals surface area contributed by atoms with Crippen molar-refractivity contribution in [1.82, 2.24) is 15.1 Å². The molecule has 0 radical (unpaired) electrons. The molecular weight excluding hydrogens is 266 g/mol. The Morgan fingerprint density at radius 3 is 2.81 bits per heavy atom. The molecule has 3 rings (SSSR count). The molecule has 5 heteroatoms. The van der Waals surface area contributed by atoms with Gasteiger partial charge in [0.15, 0.2) is 0 Å². The van der Waals surface area contributed by atoms with E-state index < -0.39 is 0 Å². The third-order valence-corrected chi connectivity index (χ3v) is 5.34.